The van der Waals surface area contributed by atoms with E-state index in [1.807, 2.05) is 0 Å². The Morgan fingerprint density at radius 3 is 2.40 bits per heavy atom. The van der Waals surface area contributed by atoms with Crippen molar-refractivity contribution in [2.24, 2.45) is 5.92 Å². The van der Waals surface area contributed by atoms with Gasteiger partial charge in [-0.15, -0.1) is 0 Å². The average Bonchev–Trinajstić information content (AvgIpc) is 2.42. The first kappa shape index (κ1) is 17.0. The van der Waals surface area contributed by atoms with Gasteiger partial charge in [0.15, 0.2) is 0 Å². The molecule has 0 amide bonds. The number of alkyl halides is 3. The fourth-order valence-corrected chi connectivity index (χ4v) is 2.17. The molecule has 2 unspecified atom stereocenters. The summed E-state index contributed by atoms with van der Waals surface area (Å²) in [4.78, 5) is 0. The van der Waals surface area contributed by atoms with E-state index in [1.54, 1.807) is 6.07 Å². The van der Waals surface area contributed by atoms with E-state index >= 15 is 0 Å². The molecule has 0 saturated heterocycles. The van der Waals surface area contributed by atoms with Crippen molar-refractivity contribution in [1.82, 2.24) is 5.32 Å². The van der Waals surface area contributed by atoms with Crippen molar-refractivity contribution < 1.29 is 13.2 Å². The van der Waals surface area contributed by atoms with Gasteiger partial charge < -0.3 is 5.32 Å². The van der Waals surface area contributed by atoms with Gasteiger partial charge in [-0.2, -0.15) is 13.2 Å². The maximum atomic E-state index is 12.6. The fraction of sp³-hybridized carbons (Fsp3) is 0.625. The predicted octanol–water partition coefficient (Wildman–Crippen LogP) is 5.01. The lowest BCUT2D eigenvalue weighted by atomic mass is 9.97. The van der Waals surface area contributed by atoms with Crippen molar-refractivity contribution >= 4 is 0 Å². The van der Waals surface area contributed by atoms with E-state index in [0.29, 0.717) is 24.1 Å². The molecular formula is C16H24F3N. The Bertz CT molecular complexity index is 401. The number of nitrogens with one attached hydrogen (secondary N) is 1. The van der Waals surface area contributed by atoms with Crippen molar-refractivity contribution in [2.45, 2.75) is 58.8 Å². The lowest BCUT2D eigenvalue weighted by Crippen LogP contribution is -2.29. The molecule has 0 fully saturated rings. The van der Waals surface area contributed by atoms with Gasteiger partial charge in [0.2, 0.25) is 0 Å². The molecule has 1 rings (SSSR count). The van der Waals surface area contributed by atoms with Crippen LogP contribution in [0.2, 0.25) is 0 Å². The summed E-state index contributed by atoms with van der Waals surface area (Å²) in [5.74, 6) is 0.633. The first-order valence-corrected chi connectivity index (χ1v) is 7.26. The summed E-state index contributed by atoms with van der Waals surface area (Å²) >= 11 is 0. The molecule has 114 valence electrons. The summed E-state index contributed by atoms with van der Waals surface area (Å²) in [6, 6.07) is 5.90. The quantitative estimate of drug-likeness (QED) is 0.743. The molecule has 0 saturated carbocycles. The zero-order valence-electron chi connectivity index (χ0n) is 12.4. The van der Waals surface area contributed by atoms with Crippen LogP contribution in [0.3, 0.4) is 0 Å². The van der Waals surface area contributed by atoms with Crippen LogP contribution >= 0.6 is 0 Å². The van der Waals surface area contributed by atoms with E-state index in [1.165, 1.54) is 12.1 Å². The molecule has 1 aromatic rings. The third kappa shape index (κ3) is 5.53. The van der Waals surface area contributed by atoms with Crippen LogP contribution in [0.1, 0.15) is 51.2 Å². The number of halogens is 3. The van der Waals surface area contributed by atoms with E-state index in [-0.39, 0.29) is 0 Å². The topological polar surface area (TPSA) is 12.0 Å². The van der Waals surface area contributed by atoms with E-state index in [0.717, 1.165) is 25.3 Å². The number of hydrogen-bond acceptors (Lipinski definition) is 1. The lowest BCUT2D eigenvalue weighted by Gasteiger charge is -2.20. The molecule has 4 heteroatoms. The predicted molar refractivity (Wildman–Crippen MR) is 76.4 cm³/mol. The van der Waals surface area contributed by atoms with Crippen molar-refractivity contribution in [3.05, 3.63) is 35.4 Å². The van der Waals surface area contributed by atoms with Gasteiger partial charge in [-0.3, -0.25) is 0 Å². The molecule has 0 aliphatic heterocycles. The first-order valence-electron chi connectivity index (χ1n) is 7.26. The van der Waals surface area contributed by atoms with E-state index in [9.17, 15) is 13.2 Å². The van der Waals surface area contributed by atoms with Gasteiger partial charge in [0.05, 0.1) is 5.56 Å². The third-order valence-corrected chi connectivity index (χ3v) is 3.73. The summed E-state index contributed by atoms with van der Waals surface area (Å²) in [7, 11) is 0. The van der Waals surface area contributed by atoms with Crippen LogP contribution < -0.4 is 5.32 Å². The Balaban J connectivity index is 2.60. The van der Waals surface area contributed by atoms with Gasteiger partial charge in [0.1, 0.15) is 0 Å². The Labute approximate surface area is 119 Å². The summed E-state index contributed by atoms with van der Waals surface area (Å²) in [6.07, 6.45) is -1.09. The third-order valence-electron chi connectivity index (χ3n) is 3.73. The first-order chi connectivity index (χ1) is 9.36. The molecule has 0 radical (unpaired) electrons. The zero-order valence-corrected chi connectivity index (χ0v) is 12.4. The molecule has 2 atom stereocenters. The second kappa shape index (κ2) is 7.67. The monoisotopic (exact) mass is 287 g/mol. The van der Waals surface area contributed by atoms with E-state index < -0.39 is 11.7 Å². The SMILES string of the molecule is CCC(C)CC(CC)NCc1cccc(C(F)(F)F)c1. The maximum Gasteiger partial charge on any atom is 0.416 e. The summed E-state index contributed by atoms with van der Waals surface area (Å²) < 4.78 is 37.9. The van der Waals surface area contributed by atoms with Crippen LogP contribution in [0.25, 0.3) is 0 Å². The van der Waals surface area contributed by atoms with E-state index in [4.69, 9.17) is 0 Å². The molecule has 0 aromatic heterocycles. The number of benzene rings is 1. The summed E-state index contributed by atoms with van der Waals surface area (Å²) in [5, 5.41) is 3.36. The van der Waals surface area contributed by atoms with Crippen molar-refractivity contribution in [2.75, 3.05) is 0 Å². The highest BCUT2D eigenvalue weighted by atomic mass is 19.4. The molecule has 0 aliphatic carbocycles. The van der Waals surface area contributed by atoms with Crippen molar-refractivity contribution in [3.63, 3.8) is 0 Å². The van der Waals surface area contributed by atoms with Gasteiger partial charge in [-0.1, -0.05) is 45.4 Å². The maximum absolute atomic E-state index is 12.6. The van der Waals surface area contributed by atoms with Gasteiger partial charge in [0, 0.05) is 12.6 Å². The Hall–Kier alpha value is -1.03. The van der Waals surface area contributed by atoms with Gasteiger partial charge >= 0.3 is 6.18 Å². The standard InChI is InChI=1S/C16H24F3N/c1-4-12(3)9-15(5-2)20-11-13-7-6-8-14(10-13)16(17,18)19/h6-8,10,12,15,20H,4-5,9,11H2,1-3H3. The minimum absolute atomic E-state index is 0.361. The van der Waals surface area contributed by atoms with Crippen LogP contribution in [0.4, 0.5) is 13.2 Å². The lowest BCUT2D eigenvalue weighted by molar-refractivity contribution is -0.137. The highest BCUT2D eigenvalue weighted by Gasteiger charge is 2.30. The van der Waals surface area contributed by atoms with Crippen LogP contribution in [-0.4, -0.2) is 6.04 Å². The summed E-state index contributed by atoms with van der Waals surface area (Å²) in [6.45, 7) is 6.95. The minimum atomic E-state index is -4.27. The van der Waals surface area contributed by atoms with Gasteiger partial charge in [0.25, 0.3) is 0 Å². The van der Waals surface area contributed by atoms with Crippen LogP contribution in [0.5, 0.6) is 0 Å². The molecule has 0 aliphatic rings. The fourth-order valence-electron chi connectivity index (χ4n) is 2.17. The zero-order chi connectivity index (χ0) is 15.2. The van der Waals surface area contributed by atoms with Gasteiger partial charge in [-0.05, 0) is 30.4 Å². The smallest absolute Gasteiger partial charge is 0.310 e. The Morgan fingerprint density at radius 1 is 1.15 bits per heavy atom. The molecule has 0 spiro atoms. The highest BCUT2D eigenvalue weighted by molar-refractivity contribution is 5.25. The van der Waals surface area contributed by atoms with E-state index in [2.05, 4.69) is 26.1 Å². The normalized spacial score (nSPS) is 15.1. The van der Waals surface area contributed by atoms with Crippen LogP contribution in [0, 0.1) is 5.92 Å². The minimum Gasteiger partial charge on any atom is -0.310 e. The number of rotatable bonds is 7. The molecular weight excluding hydrogens is 263 g/mol. The van der Waals surface area contributed by atoms with Crippen molar-refractivity contribution in [1.29, 1.82) is 0 Å². The van der Waals surface area contributed by atoms with Crippen LogP contribution in [-0.2, 0) is 12.7 Å². The second-order valence-electron chi connectivity index (χ2n) is 5.43. The Morgan fingerprint density at radius 2 is 1.85 bits per heavy atom. The summed E-state index contributed by atoms with van der Waals surface area (Å²) in [5.41, 5.74) is 0.106. The molecule has 0 heterocycles. The molecule has 1 nitrogen and oxygen atoms in total. The highest BCUT2D eigenvalue weighted by Crippen LogP contribution is 2.29. The second-order valence-corrected chi connectivity index (χ2v) is 5.43. The van der Waals surface area contributed by atoms with Crippen LogP contribution in [0.15, 0.2) is 24.3 Å². The van der Waals surface area contributed by atoms with Gasteiger partial charge in [-0.25, -0.2) is 0 Å². The van der Waals surface area contributed by atoms with Crippen molar-refractivity contribution in [3.8, 4) is 0 Å². The average molecular weight is 287 g/mol. The molecule has 1 N–H and O–H groups in total. The Kier molecular flexibility index (Phi) is 6.53. The molecule has 20 heavy (non-hydrogen) atoms. The molecule has 0 bridgehead atoms. The largest absolute Gasteiger partial charge is 0.416 e. The number of hydrogen-bond donors (Lipinski definition) is 1. The molecule has 1 aromatic carbocycles.